The van der Waals surface area contributed by atoms with Gasteiger partial charge in [0.05, 0.1) is 11.7 Å². The molecule has 5 rings (SSSR count). The molecule has 178 valence electrons. The molecule has 2 saturated heterocycles. The molecular formula is C25H30N6O3. The van der Waals surface area contributed by atoms with Gasteiger partial charge < -0.3 is 19.7 Å². The predicted molar refractivity (Wildman–Crippen MR) is 128 cm³/mol. The van der Waals surface area contributed by atoms with Crippen molar-refractivity contribution in [3.63, 3.8) is 0 Å². The number of fused-ring (bicyclic) bond motifs is 1. The van der Waals surface area contributed by atoms with Gasteiger partial charge in [-0.2, -0.15) is 4.73 Å². The predicted octanol–water partition coefficient (Wildman–Crippen LogP) is 3.55. The first-order valence-electron chi connectivity index (χ1n) is 11.8. The number of carbonyl (C=O) groups is 1. The quantitative estimate of drug-likeness (QED) is 0.424. The third-order valence-corrected chi connectivity index (χ3v) is 6.75. The van der Waals surface area contributed by atoms with Crippen molar-refractivity contribution in [3.8, 4) is 11.4 Å². The Hall–Kier alpha value is -3.49. The normalized spacial score (nSPS) is 18.0. The lowest BCUT2D eigenvalue weighted by atomic mass is 9.78. The summed E-state index contributed by atoms with van der Waals surface area (Å²) in [6.07, 6.45) is 9.17. The number of ether oxygens (including phenoxy) is 1. The van der Waals surface area contributed by atoms with E-state index in [-0.39, 0.29) is 11.5 Å². The molecule has 9 nitrogen and oxygen atoms in total. The van der Waals surface area contributed by atoms with Gasteiger partial charge in [0.2, 0.25) is 0 Å². The number of anilines is 1. The van der Waals surface area contributed by atoms with Crippen LogP contribution in [0.15, 0.2) is 43.0 Å². The number of rotatable bonds is 2. The first-order valence-corrected chi connectivity index (χ1v) is 11.8. The SMILES string of the molecule is CC(C)(C)OC(=O)N1CCC2(CCN(c3nc(-c4cc[n+]([O-])cc4)nc4cnccc34)CC2)C1. The van der Waals surface area contributed by atoms with E-state index >= 15 is 0 Å². The maximum absolute atomic E-state index is 12.6. The van der Waals surface area contributed by atoms with Gasteiger partial charge in [-0.3, -0.25) is 4.98 Å². The van der Waals surface area contributed by atoms with E-state index in [2.05, 4.69) is 9.88 Å². The fraction of sp³-hybridized carbons (Fsp3) is 0.480. The minimum absolute atomic E-state index is 0.127. The number of piperidine rings is 1. The van der Waals surface area contributed by atoms with Crippen LogP contribution >= 0.6 is 0 Å². The van der Waals surface area contributed by atoms with Crippen molar-refractivity contribution in [2.75, 3.05) is 31.1 Å². The molecule has 0 N–H and O–H groups in total. The first kappa shape index (κ1) is 22.3. The highest BCUT2D eigenvalue weighted by molar-refractivity contribution is 5.90. The molecular weight excluding hydrogens is 432 g/mol. The average Bonchev–Trinajstić information content (AvgIpc) is 3.22. The molecule has 2 aliphatic heterocycles. The fourth-order valence-electron chi connectivity index (χ4n) is 4.91. The molecule has 3 aromatic heterocycles. The summed E-state index contributed by atoms with van der Waals surface area (Å²) in [5.74, 6) is 1.46. The fourth-order valence-corrected chi connectivity index (χ4v) is 4.91. The lowest BCUT2D eigenvalue weighted by Gasteiger charge is -2.40. The van der Waals surface area contributed by atoms with Crippen LogP contribution in [0.3, 0.4) is 0 Å². The number of aromatic nitrogens is 4. The van der Waals surface area contributed by atoms with Gasteiger partial charge in [-0.1, -0.05) is 0 Å². The number of hydrogen-bond acceptors (Lipinski definition) is 7. The highest BCUT2D eigenvalue weighted by Crippen LogP contribution is 2.42. The molecule has 0 radical (unpaired) electrons. The van der Waals surface area contributed by atoms with Crippen LogP contribution in [-0.4, -0.2) is 57.7 Å². The summed E-state index contributed by atoms with van der Waals surface area (Å²) < 4.78 is 6.34. The Morgan fingerprint density at radius 1 is 1.09 bits per heavy atom. The molecule has 1 spiro atoms. The van der Waals surface area contributed by atoms with E-state index in [0.717, 1.165) is 72.5 Å². The molecule has 1 amide bonds. The zero-order chi connectivity index (χ0) is 23.9. The molecule has 2 aliphatic rings. The summed E-state index contributed by atoms with van der Waals surface area (Å²) >= 11 is 0. The van der Waals surface area contributed by atoms with E-state index in [4.69, 9.17) is 14.7 Å². The Kier molecular flexibility index (Phi) is 5.50. The minimum atomic E-state index is -0.483. The van der Waals surface area contributed by atoms with Gasteiger partial charge in [0.15, 0.2) is 18.2 Å². The van der Waals surface area contributed by atoms with Crippen LogP contribution in [0.25, 0.3) is 22.3 Å². The Balaban J connectivity index is 1.36. The summed E-state index contributed by atoms with van der Waals surface area (Å²) in [5.41, 5.74) is 1.21. The van der Waals surface area contributed by atoms with Crippen molar-refractivity contribution in [2.24, 2.45) is 5.41 Å². The average molecular weight is 463 g/mol. The Morgan fingerprint density at radius 3 is 2.50 bits per heavy atom. The second kappa shape index (κ2) is 8.38. The van der Waals surface area contributed by atoms with Crippen LogP contribution < -0.4 is 9.63 Å². The van der Waals surface area contributed by atoms with Crippen molar-refractivity contribution >= 4 is 22.8 Å². The second-order valence-corrected chi connectivity index (χ2v) is 10.3. The lowest BCUT2D eigenvalue weighted by Crippen LogP contribution is -2.43. The molecule has 0 saturated carbocycles. The van der Waals surface area contributed by atoms with Crippen LogP contribution in [0.5, 0.6) is 0 Å². The molecule has 9 heteroatoms. The van der Waals surface area contributed by atoms with Crippen LogP contribution in [0.2, 0.25) is 0 Å². The highest BCUT2D eigenvalue weighted by Gasteiger charge is 2.43. The van der Waals surface area contributed by atoms with Gasteiger partial charge in [-0.15, -0.1) is 0 Å². The molecule has 0 aromatic carbocycles. The van der Waals surface area contributed by atoms with Crippen LogP contribution in [0, 0.1) is 10.6 Å². The molecule has 3 aromatic rings. The maximum Gasteiger partial charge on any atom is 0.410 e. The maximum atomic E-state index is 12.6. The van der Waals surface area contributed by atoms with Crippen molar-refractivity contribution in [1.29, 1.82) is 0 Å². The number of amides is 1. The lowest BCUT2D eigenvalue weighted by molar-refractivity contribution is -0.605. The molecule has 34 heavy (non-hydrogen) atoms. The van der Waals surface area contributed by atoms with Crippen molar-refractivity contribution in [2.45, 2.75) is 45.6 Å². The summed E-state index contributed by atoms with van der Waals surface area (Å²) in [6.45, 7) is 8.90. The number of carbonyl (C=O) groups excluding carboxylic acids is 1. The molecule has 2 fully saturated rings. The van der Waals surface area contributed by atoms with Crippen LogP contribution in [0.1, 0.15) is 40.0 Å². The van der Waals surface area contributed by atoms with Gasteiger partial charge in [0.1, 0.15) is 11.4 Å². The molecule has 0 atom stereocenters. The first-order chi connectivity index (χ1) is 16.2. The Morgan fingerprint density at radius 2 is 1.79 bits per heavy atom. The third kappa shape index (κ3) is 4.47. The Labute approximate surface area is 199 Å². The van der Waals surface area contributed by atoms with E-state index < -0.39 is 5.60 Å². The summed E-state index contributed by atoms with van der Waals surface area (Å²) in [4.78, 5) is 30.6. The summed E-state index contributed by atoms with van der Waals surface area (Å²) in [7, 11) is 0. The number of pyridine rings is 2. The van der Waals surface area contributed by atoms with E-state index in [1.54, 1.807) is 24.5 Å². The monoisotopic (exact) mass is 462 g/mol. The third-order valence-electron chi connectivity index (χ3n) is 6.75. The minimum Gasteiger partial charge on any atom is -0.619 e. The topological polar surface area (TPSA) is 98.4 Å². The van der Waals surface area contributed by atoms with Gasteiger partial charge in [0.25, 0.3) is 0 Å². The summed E-state index contributed by atoms with van der Waals surface area (Å²) in [5, 5.41) is 12.4. The van der Waals surface area contributed by atoms with Gasteiger partial charge in [-0.05, 0) is 51.5 Å². The van der Waals surface area contributed by atoms with Crippen molar-refractivity contribution in [3.05, 3.63) is 48.2 Å². The number of likely N-dealkylation sites (tertiary alicyclic amines) is 1. The molecule has 0 bridgehead atoms. The van der Waals surface area contributed by atoms with Gasteiger partial charge in [-0.25, -0.2) is 14.8 Å². The van der Waals surface area contributed by atoms with E-state index in [0.29, 0.717) is 5.82 Å². The molecule has 5 heterocycles. The number of hydrogen-bond donors (Lipinski definition) is 0. The van der Waals surface area contributed by atoms with Crippen molar-refractivity contribution in [1.82, 2.24) is 19.9 Å². The second-order valence-electron chi connectivity index (χ2n) is 10.3. The summed E-state index contributed by atoms with van der Waals surface area (Å²) in [6, 6.07) is 5.40. The Bertz CT molecular complexity index is 1200. The number of nitrogens with zero attached hydrogens (tertiary/aromatic N) is 6. The smallest absolute Gasteiger partial charge is 0.410 e. The van der Waals surface area contributed by atoms with E-state index in [9.17, 15) is 10.0 Å². The van der Waals surface area contributed by atoms with Crippen molar-refractivity contribution < 1.29 is 14.3 Å². The zero-order valence-corrected chi connectivity index (χ0v) is 19.9. The van der Waals surface area contributed by atoms with E-state index in [1.807, 2.05) is 31.7 Å². The molecule has 0 unspecified atom stereocenters. The highest BCUT2D eigenvalue weighted by atomic mass is 16.6. The van der Waals surface area contributed by atoms with E-state index in [1.165, 1.54) is 12.4 Å². The van der Waals surface area contributed by atoms with Crippen LogP contribution in [0.4, 0.5) is 10.6 Å². The van der Waals surface area contributed by atoms with Crippen LogP contribution in [-0.2, 0) is 4.74 Å². The van der Waals surface area contributed by atoms with Gasteiger partial charge >= 0.3 is 6.09 Å². The molecule has 0 aliphatic carbocycles. The standard InChI is InChI=1S/C25H30N6O3/c1-24(2,3)34-23(32)30-15-9-25(17-30)7-13-29(14-8-25)22-19-4-10-26-16-20(19)27-21(28-22)18-5-11-31(33)12-6-18/h4-6,10-12,16H,7-9,13-15,17H2,1-3H3. The zero-order valence-electron chi connectivity index (χ0n) is 19.9. The largest absolute Gasteiger partial charge is 0.619 e. The van der Waals surface area contributed by atoms with Gasteiger partial charge in [0, 0.05) is 55.5 Å².